The molecule has 6 nitrogen and oxygen atoms in total. The van der Waals surface area contributed by atoms with Crippen LogP contribution in [0.3, 0.4) is 0 Å². The lowest BCUT2D eigenvalue weighted by Gasteiger charge is -2.18. The Hall–Kier alpha value is -3.43. The highest BCUT2D eigenvalue weighted by Gasteiger charge is 2.42. The largest absolute Gasteiger partial charge is 0.277 e. The third kappa shape index (κ3) is 4.43. The van der Waals surface area contributed by atoms with Crippen molar-refractivity contribution in [2.75, 3.05) is 6.26 Å². The van der Waals surface area contributed by atoms with Crippen molar-refractivity contribution < 1.29 is 17.2 Å². The van der Waals surface area contributed by atoms with E-state index in [-0.39, 0.29) is 28.1 Å². The molecule has 0 N–H and O–H groups in total. The van der Waals surface area contributed by atoms with Crippen molar-refractivity contribution >= 4 is 21.4 Å². The molecule has 1 unspecified atom stereocenters. The zero-order valence-corrected chi connectivity index (χ0v) is 22.7. The maximum atomic E-state index is 16.0. The average Bonchev–Trinajstić information content (AvgIpc) is 3.64. The molecule has 3 heterocycles. The van der Waals surface area contributed by atoms with E-state index >= 15 is 8.78 Å². The second-order valence-corrected chi connectivity index (χ2v) is 12.1. The predicted octanol–water partition coefficient (Wildman–Crippen LogP) is 5.83. The quantitative estimate of drug-likeness (QED) is 0.310. The van der Waals surface area contributed by atoms with E-state index in [0.29, 0.717) is 16.8 Å². The second kappa shape index (κ2) is 9.39. The Bertz CT molecular complexity index is 1790. The Kier molecular flexibility index (Phi) is 6.47. The lowest BCUT2D eigenvalue weighted by Crippen LogP contribution is -2.24. The fourth-order valence-electron chi connectivity index (χ4n) is 4.93. The van der Waals surface area contributed by atoms with Crippen molar-refractivity contribution in [2.24, 2.45) is 0 Å². The van der Waals surface area contributed by atoms with Gasteiger partial charge in [-0.05, 0) is 74.6 Å². The van der Waals surface area contributed by atoms with E-state index in [2.05, 4.69) is 9.97 Å². The number of aromatic nitrogens is 3. The number of benzene rings is 1. The molecule has 1 aliphatic rings. The molecule has 0 aliphatic heterocycles. The van der Waals surface area contributed by atoms with Gasteiger partial charge < -0.3 is 0 Å². The van der Waals surface area contributed by atoms with Crippen LogP contribution >= 0.6 is 11.6 Å². The first kappa shape index (κ1) is 26.2. The Balaban J connectivity index is 1.62. The molecular weight excluding hydrogens is 532 g/mol. The standard InChI is InChI=1S/C28H24ClF2N3O3S/c1-14-13-32-26(17-8-6-10-22(24(17)30)38(4,36)37)25(31)27(14)34-16(3)11-20(23(29)28(34)35)18-12-19(18)21-9-5-7-15(2)33-21/h5-11,13,18-19H,12H2,1-4H3/t18-,19?/m1/s1. The highest BCUT2D eigenvalue weighted by Crippen LogP contribution is 2.55. The number of hydrogen-bond donors (Lipinski definition) is 0. The van der Waals surface area contributed by atoms with Crippen molar-refractivity contribution in [3.63, 3.8) is 0 Å². The molecule has 0 amide bonds. The van der Waals surface area contributed by atoms with Crippen molar-refractivity contribution in [1.29, 1.82) is 0 Å². The molecule has 2 atom stereocenters. The molecule has 1 aliphatic carbocycles. The van der Waals surface area contributed by atoms with E-state index in [4.69, 9.17) is 11.6 Å². The van der Waals surface area contributed by atoms with E-state index in [1.54, 1.807) is 19.9 Å². The molecule has 0 spiro atoms. The first-order chi connectivity index (χ1) is 17.9. The summed E-state index contributed by atoms with van der Waals surface area (Å²) in [5.74, 6) is -1.92. The van der Waals surface area contributed by atoms with Crippen LogP contribution < -0.4 is 5.56 Å². The zero-order chi connectivity index (χ0) is 27.5. The number of hydrogen-bond acceptors (Lipinski definition) is 5. The normalized spacial score (nSPS) is 17.0. The number of halogens is 3. The van der Waals surface area contributed by atoms with Gasteiger partial charge in [0.15, 0.2) is 21.5 Å². The van der Waals surface area contributed by atoms with Gasteiger partial charge in [-0.3, -0.25) is 19.3 Å². The van der Waals surface area contributed by atoms with Gasteiger partial charge in [0, 0.05) is 41.0 Å². The molecule has 5 rings (SSSR count). The van der Waals surface area contributed by atoms with Crippen LogP contribution in [0, 0.1) is 32.4 Å². The smallest absolute Gasteiger partial charge is 0.274 e. The van der Waals surface area contributed by atoms with E-state index in [0.717, 1.165) is 34.7 Å². The molecular formula is C28H24ClF2N3O3S. The van der Waals surface area contributed by atoms with Gasteiger partial charge in [0.05, 0.1) is 5.69 Å². The van der Waals surface area contributed by atoms with Crippen LogP contribution in [-0.2, 0) is 9.84 Å². The highest BCUT2D eigenvalue weighted by molar-refractivity contribution is 7.90. The Labute approximate surface area is 223 Å². The molecule has 0 bridgehead atoms. The van der Waals surface area contributed by atoms with Gasteiger partial charge in [-0.15, -0.1) is 0 Å². The van der Waals surface area contributed by atoms with Crippen LogP contribution in [0.15, 0.2) is 58.4 Å². The Morgan fingerprint density at radius 1 is 1.03 bits per heavy atom. The molecule has 1 saturated carbocycles. The molecule has 3 aromatic heterocycles. The van der Waals surface area contributed by atoms with Gasteiger partial charge >= 0.3 is 0 Å². The Morgan fingerprint density at radius 3 is 2.42 bits per heavy atom. The Morgan fingerprint density at radius 2 is 1.74 bits per heavy atom. The van der Waals surface area contributed by atoms with Crippen LogP contribution in [0.1, 0.15) is 46.5 Å². The van der Waals surface area contributed by atoms with Crippen molar-refractivity contribution in [2.45, 2.75) is 43.9 Å². The summed E-state index contributed by atoms with van der Waals surface area (Å²) in [6.45, 7) is 5.17. The molecule has 196 valence electrons. The number of sulfone groups is 1. The third-order valence-corrected chi connectivity index (χ3v) is 8.35. The van der Waals surface area contributed by atoms with Crippen LogP contribution in [0.2, 0.25) is 5.02 Å². The van der Waals surface area contributed by atoms with Crippen molar-refractivity contribution in [1.82, 2.24) is 14.5 Å². The SMILES string of the molecule is Cc1cccc(C2C[C@H]2c2cc(C)n(-c3c(C)cnc(-c4cccc(S(C)(=O)=O)c4F)c3F)c(=O)c2Cl)n1. The molecule has 1 aromatic carbocycles. The summed E-state index contributed by atoms with van der Waals surface area (Å²) >= 11 is 6.58. The lowest BCUT2D eigenvalue weighted by atomic mass is 10.1. The maximum absolute atomic E-state index is 16.0. The topological polar surface area (TPSA) is 81.9 Å². The van der Waals surface area contributed by atoms with Gasteiger partial charge in [-0.25, -0.2) is 17.2 Å². The minimum Gasteiger partial charge on any atom is -0.277 e. The fourth-order valence-corrected chi connectivity index (χ4v) is 5.97. The van der Waals surface area contributed by atoms with E-state index in [1.807, 2.05) is 25.1 Å². The van der Waals surface area contributed by atoms with Gasteiger partial charge in [-0.2, -0.15) is 0 Å². The molecule has 0 radical (unpaired) electrons. The fraction of sp³-hybridized carbons (Fsp3) is 0.250. The summed E-state index contributed by atoms with van der Waals surface area (Å²) in [4.78, 5) is 21.6. The van der Waals surface area contributed by atoms with Gasteiger partial charge in [0.2, 0.25) is 0 Å². The summed E-state index contributed by atoms with van der Waals surface area (Å²) in [5.41, 5.74) is 1.83. The summed E-state index contributed by atoms with van der Waals surface area (Å²) in [7, 11) is -3.90. The van der Waals surface area contributed by atoms with E-state index in [9.17, 15) is 13.2 Å². The number of aryl methyl sites for hydroxylation is 3. The number of rotatable bonds is 5. The second-order valence-electron chi connectivity index (χ2n) is 9.69. The van der Waals surface area contributed by atoms with Crippen LogP contribution in [-0.4, -0.2) is 29.2 Å². The molecule has 10 heteroatoms. The van der Waals surface area contributed by atoms with Crippen LogP contribution in [0.4, 0.5) is 8.78 Å². The van der Waals surface area contributed by atoms with E-state index in [1.165, 1.54) is 18.3 Å². The summed E-state index contributed by atoms with van der Waals surface area (Å²) in [6.07, 6.45) is 2.97. The van der Waals surface area contributed by atoms with Crippen molar-refractivity contribution in [3.8, 4) is 16.9 Å². The van der Waals surface area contributed by atoms with Gasteiger partial charge in [-0.1, -0.05) is 23.7 Å². The monoisotopic (exact) mass is 555 g/mol. The minimum absolute atomic E-state index is 0.0156. The molecule has 0 saturated heterocycles. The van der Waals surface area contributed by atoms with E-state index < -0.39 is 37.6 Å². The first-order valence-electron chi connectivity index (χ1n) is 11.9. The summed E-state index contributed by atoms with van der Waals surface area (Å²) in [5, 5.41) is -0.0156. The average molecular weight is 556 g/mol. The molecule has 38 heavy (non-hydrogen) atoms. The zero-order valence-electron chi connectivity index (χ0n) is 21.1. The third-order valence-electron chi connectivity index (χ3n) is 6.86. The van der Waals surface area contributed by atoms with Crippen molar-refractivity contribution in [3.05, 3.63) is 104 Å². The summed E-state index contributed by atoms with van der Waals surface area (Å²) < 4.78 is 56.3. The number of pyridine rings is 3. The summed E-state index contributed by atoms with van der Waals surface area (Å²) in [6, 6.07) is 11.2. The minimum atomic E-state index is -3.90. The first-order valence-corrected chi connectivity index (χ1v) is 14.2. The highest BCUT2D eigenvalue weighted by atomic mass is 35.5. The predicted molar refractivity (Wildman–Crippen MR) is 142 cm³/mol. The van der Waals surface area contributed by atoms with Gasteiger partial charge in [0.25, 0.3) is 5.56 Å². The maximum Gasteiger partial charge on any atom is 0.274 e. The molecule has 1 fully saturated rings. The number of nitrogens with zero attached hydrogens (tertiary/aromatic N) is 3. The lowest BCUT2D eigenvalue weighted by molar-refractivity contribution is 0.569. The van der Waals surface area contributed by atoms with Crippen LogP contribution in [0.5, 0.6) is 0 Å². The molecule has 4 aromatic rings. The van der Waals surface area contributed by atoms with Crippen LogP contribution in [0.25, 0.3) is 16.9 Å². The van der Waals surface area contributed by atoms with Gasteiger partial charge in [0.1, 0.15) is 15.6 Å².